The number of nitrogens with one attached hydrogen (secondary N) is 1. The van der Waals surface area contributed by atoms with Crippen LogP contribution in [0.5, 0.6) is 17.4 Å². The molecule has 0 spiro atoms. The molecule has 1 heterocycles. The van der Waals surface area contributed by atoms with Crippen LogP contribution in [0.3, 0.4) is 0 Å². The Morgan fingerprint density at radius 3 is 2.50 bits per heavy atom. The van der Waals surface area contributed by atoms with Crippen LogP contribution in [0.1, 0.15) is 18.2 Å². The van der Waals surface area contributed by atoms with Gasteiger partial charge in [-0.05, 0) is 38.6 Å². The van der Waals surface area contributed by atoms with E-state index < -0.39 is 0 Å². The van der Waals surface area contributed by atoms with Gasteiger partial charge in [-0.15, -0.1) is 0 Å². The van der Waals surface area contributed by atoms with Crippen molar-refractivity contribution in [3.63, 3.8) is 0 Å². The Morgan fingerprint density at radius 2 is 1.85 bits per heavy atom. The summed E-state index contributed by atoms with van der Waals surface area (Å²) in [4.78, 5) is 4.47. The molecule has 0 amide bonds. The molecule has 1 aromatic carbocycles. The van der Waals surface area contributed by atoms with Crippen LogP contribution in [0.2, 0.25) is 0 Å². The van der Waals surface area contributed by atoms with E-state index in [1.54, 1.807) is 0 Å². The minimum Gasteiger partial charge on any atom is -0.490 e. The molecule has 0 saturated carbocycles. The number of hydrogen-bond donors (Lipinski definition) is 1. The summed E-state index contributed by atoms with van der Waals surface area (Å²) in [5.74, 6) is 1.99. The molecule has 0 atom stereocenters. The fourth-order valence-corrected chi connectivity index (χ4v) is 1.92. The van der Waals surface area contributed by atoms with Crippen LogP contribution in [0, 0.1) is 6.92 Å². The maximum absolute atomic E-state index is 5.82. The average Bonchev–Trinajstić information content (AvgIpc) is 2.44. The number of rotatable bonds is 6. The Bertz CT molecular complexity index is 570. The Labute approximate surface area is 119 Å². The SMILES string of the molecule is CCOc1ccccc1Oc1ccc(CNC)c(C)n1. The van der Waals surface area contributed by atoms with Gasteiger partial charge in [0.15, 0.2) is 11.5 Å². The zero-order valence-corrected chi connectivity index (χ0v) is 12.1. The van der Waals surface area contributed by atoms with Crippen molar-refractivity contribution in [2.24, 2.45) is 0 Å². The fourth-order valence-electron chi connectivity index (χ4n) is 1.92. The quantitative estimate of drug-likeness (QED) is 0.876. The van der Waals surface area contributed by atoms with Gasteiger partial charge in [-0.3, -0.25) is 0 Å². The van der Waals surface area contributed by atoms with E-state index in [0.717, 1.165) is 23.6 Å². The molecule has 4 nitrogen and oxygen atoms in total. The summed E-state index contributed by atoms with van der Waals surface area (Å²) >= 11 is 0. The van der Waals surface area contributed by atoms with E-state index in [-0.39, 0.29) is 0 Å². The molecule has 2 rings (SSSR count). The number of nitrogens with zero attached hydrogens (tertiary/aromatic N) is 1. The summed E-state index contributed by atoms with van der Waals surface area (Å²) < 4.78 is 11.4. The van der Waals surface area contributed by atoms with E-state index >= 15 is 0 Å². The summed E-state index contributed by atoms with van der Waals surface area (Å²) in [5.41, 5.74) is 2.13. The number of ether oxygens (including phenoxy) is 2. The van der Waals surface area contributed by atoms with E-state index in [9.17, 15) is 0 Å². The lowest BCUT2D eigenvalue weighted by Gasteiger charge is -2.12. The van der Waals surface area contributed by atoms with Crippen molar-refractivity contribution in [1.82, 2.24) is 10.3 Å². The third-order valence-electron chi connectivity index (χ3n) is 2.90. The molecular weight excluding hydrogens is 252 g/mol. The normalized spacial score (nSPS) is 10.3. The molecule has 1 aromatic heterocycles. The highest BCUT2D eigenvalue weighted by molar-refractivity contribution is 5.42. The van der Waals surface area contributed by atoms with Crippen molar-refractivity contribution in [2.75, 3.05) is 13.7 Å². The number of para-hydroxylation sites is 2. The van der Waals surface area contributed by atoms with Gasteiger partial charge in [0, 0.05) is 18.3 Å². The maximum atomic E-state index is 5.82. The van der Waals surface area contributed by atoms with Gasteiger partial charge >= 0.3 is 0 Å². The minimum absolute atomic E-state index is 0.578. The molecule has 0 radical (unpaired) electrons. The number of aromatic nitrogens is 1. The lowest BCUT2D eigenvalue weighted by molar-refractivity contribution is 0.319. The highest BCUT2D eigenvalue weighted by Crippen LogP contribution is 2.30. The van der Waals surface area contributed by atoms with Crippen LogP contribution in [-0.4, -0.2) is 18.6 Å². The summed E-state index contributed by atoms with van der Waals surface area (Å²) in [7, 11) is 1.92. The largest absolute Gasteiger partial charge is 0.490 e. The van der Waals surface area contributed by atoms with Gasteiger partial charge in [0.2, 0.25) is 5.88 Å². The van der Waals surface area contributed by atoms with Crippen molar-refractivity contribution in [2.45, 2.75) is 20.4 Å². The second-order valence-electron chi connectivity index (χ2n) is 4.41. The molecule has 0 fully saturated rings. The molecule has 4 heteroatoms. The molecule has 2 aromatic rings. The predicted octanol–water partition coefficient (Wildman–Crippen LogP) is 3.30. The molecule has 0 unspecified atom stereocenters. The zero-order chi connectivity index (χ0) is 14.4. The number of aryl methyl sites for hydroxylation is 1. The molecule has 1 N–H and O–H groups in total. The van der Waals surface area contributed by atoms with Gasteiger partial charge in [0.1, 0.15) is 0 Å². The summed E-state index contributed by atoms with van der Waals surface area (Å²) in [6.07, 6.45) is 0. The van der Waals surface area contributed by atoms with E-state index in [1.165, 1.54) is 0 Å². The second kappa shape index (κ2) is 6.91. The van der Waals surface area contributed by atoms with Gasteiger partial charge in [-0.1, -0.05) is 18.2 Å². The topological polar surface area (TPSA) is 43.4 Å². The van der Waals surface area contributed by atoms with Gasteiger partial charge in [-0.25, -0.2) is 4.98 Å². The van der Waals surface area contributed by atoms with E-state index in [0.29, 0.717) is 18.2 Å². The number of benzene rings is 1. The zero-order valence-electron chi connectivity index (χ0n) is 12.1. The summed E-state index contributed by atoms with van der Waals surface area (Å²) in [6, 6.07) is 11.5. The van der Waals surface area contributed by atoms with Crippen LogP contribution < -0.4 is 14.8 Å². The fraction of sp³-hybridized carbons (Fsp3) is 0.312. The number of pyridine rings is 1. The molecule has 0 aliphatic carbocycles. The van der Waals surface area contributed by atoms with Gasteiger partial charge in [-0.2, -0.15) is 0 Å². The van der Waals surface area contributed by atoms with Crippen molar-refractivity contribution in [1.29, 1.82) is 0 Å². The smallest absolute Gasteiger partial charge is 0.219 e. The standard InChI is InChI=1S/C16H20N2O2/c1-4-19-14-7-5-6-8-15(14)20-16-10-9-13(11-17-3)12(2)18-16/h5-10,17H,4,11H2,1-3H3. The van der Waals surface area contributed by atoms with Crippen LogP contribution in [-0.2, 0) is 6.54 Å². The molecule has 0 aliphatic heterocycles. The monoisotopic (exact) mass is 272 g/mol. The molecule has 106 valence electrons. The van der Waals surface area contributed by atoms with E-state index in [1.807, 2.05) is 57.3 Å². The van der Waals surface area contributed by atoms with Gasteiger partial charge in [0.05, 0.1) is 6.61 Å². The first-order valence-electron chi connectivity index (χ1n) is 6.75. The molecule has 0 aliphatic rings. The van der Waals surface area contributed by atoms with E-state index in [4.69, 9.17) is 9.47 Å². The third kappa shape index (κ3) is 3.48. The maximum Gasteiger partial charge on any atom is 0.219 e. The Hall–Kier alpha value is -2.07. The predicted molar refractivity (Wildman–Crippen MR) is 79.4 cm³/mol. The number of hydrogen-bond acceptors (Lipinski definition) is 4. The van der Waals surface area contributed by atoms with Crippen molar-refractivity contribution in [3.8, 4) is 17.4 Å². The summed E-state index contributed by atoms with van der Waals surface area (Å²) in [6.45, 7) is 5.34. The highest BCUT2D eigenvalue weighted by Gasteiger charge is 2.07. The van der Waals surface area contributed by atoms with Crippen LogP contribution >= 0.6 is 0 Å². The minimum atomic E-state index is 0.578. The second-order valence-corrected chi connectivity index (χ2v) is 4.41. The molecule has 20 heavy (non-hydrogen) atoms. The van der Waals surface area contributed by atoms with Crippen molar-refractivity contribution < 1.29 is 9.47 Å². The van der Waals surface area contributed by atoms with Crippen LogP contribution in [0.25, 0.3) is 0 Å². The van der Waals surface area contributed by atoms with Crippen LogP contribution in [0.4, 0.5) is 0 Å². The van der Waals surface area contributed by atoms with Gasteiger partial charge in [0.25, 0.3) is 0 Å². The Balaban J connectivity index is 2.20. The first kappa shape index (κ1) is 14.3. The highest BCUT2D eigenvalue weighted by atomic mass is 16.5. The summed E-state index contributed by atoms with van der Waals surface area (Å²) in [5, 5.41) is 3.12. The molecule has 0 bridgehead atoms. The Morgan fingerprint density at radius 1 is 1.10 bits per heavy atom. The first-order chi connectivity index (χ1) is 9.74. The lowest BCUT2D eigenvalue weighted by atomic mass is 10.2. The van der Waals surface area contributed by atoms with E-state index in [2.05, 4.69) is 10.3 Å². The lowest BCUT2D eigenvalue weighted by Crippen LogP contribution is -2.07. The Kier molecular flexibility index (Phi) is 4.96. The average molecular weight is 272 g/mol. The van der Waals surface area contributed by atoms with Crippen molar-refractivity contribution in [3.05, 3.63) is 47.7 Å². The molecule has 0 saturated heterocycles. The van der Waals surface area contributed by atoms with Crippen molar-refractivity contribution >= 4 is 0 Å². The van der Waals surface area contributed by atoms with Crippen LogP contribution in [0.15, 0.2) is 36.4 Å². The van der Waals surface area contributed by atoms with Gasteiger partial charge < -0.3 is 14.8 Å². The molecular formula is C16H20N2O2. The first-order valence-corrected chi connectivity index (χ1v) is 6.75. The third-order valence-corrected chi connectivity index (χ3v) is 2.90.